The highest BCUT2D eigenvalue weighted by Gasteiger charge is 2.38. The number of fused-ring (bicyclic) bond motifs is 4. The summed E-state index contributed by atoms with van der Waals surface area (Å²) in [4.78, 5) is 29.6. The maximum Gasteiger partial charge on any atom is 0.251 e. The van der Waals surface area contributed by atoms with Crippen molar-refractivity contribution in [1.29, 1.82) is 0 Å². The van der Waals surface area contributed by atoms with E-state index in [-0.39, 0.29) is 5.78 Å². The van der Waals surface area contributed by atoms with Crippen molar-refractivity contribution >= 4 is 28.2 Å². The molecule has 0 radical (unpaired) electrons. The Hall–Kier alpha value is -3.96. The van der Waals surface area contributed by atoms with Gasteiger partial charge in [-0.2, -0.15) is 0 Å². The minimum Gasteiger partial charge on any atom is -0.368 e. The van der Waals surface area contributed by atoms with Crippen LogP contribution in [0.2, 0.25) is 0 Å². The molecule has 0 bridgehead atoms. The molecule has 1 heterocycles. The number of nitrogens with one attached hydrogen (secondary N) is 1. The second-order valence-electron chi connectivity index (χ2n) is 9.93. The lowest BCUT2D eigenvalue weighted by molar-refractivity contribution is 0.0999. The number of amides is 1. The van der Waals surface area contributed by atoms with Gasteiger partial charge in [-0.25, -0.2) is 0 Å². The van der Waals surface area contributed by atoms with Crippen LogP contribution in [-0.2, 0) is 6.42 Å². The molecule has 1 amide bonds. The number of hydrogen-bond donors (Lipinski definition) is 2. The lowest BCUT2D eigenvalue weighted by Crippen LogP contribution is -2.45. The molecule has 5 heteroatoms. The molecule has 1 fully saturated rings. The summed E-state index contributed by atoms with van der Waals surface area (Å²) in [5.41, 5.74) is 13.6. The van der Waals surface area contributed by atoms with Crippen LogP contribution in [0, 0.1) is 0 Å². The number of benzene rings is 4. The van der Waals surface area contributed by atoms with Crippen LogP contribution in [-0.4, -0.2) is 37.9 Å². The molecule has 0 unspecified atom stereocenters. The van der Waals surface area contributed by atoms with E-state index in [1.807, 2.05) is 36.4 Å². The summed E-state index contributed by atoms with van der Waals surface area (Å²) in [6.45, 7) is 5.19. The van der Waals surface area contributed by atoms with Crippen molar-refractivity contribution in [2.75, 3.05) is 31.1 Å². The van der Waals surface area contributed by atoms with Gasteiger partial charge in [0.15, 0.2) is 5.78 Å². The third-order valence-electron chi connectivity index (χ3n) is 7.76. The number of rotatable bonds is 6. The topological polar surface area (TPSA) is 75.4 Å². The van der Waals surface area contributed by atoms with Gasteiger partial charge in [0.2, 0.25) is 0 Å². The van der Waals surface area contributed by atoms with Gasteiger partial charge in [0.05, 0.1) is 16.8 Å². The Morgan fingerprint density at radius 2 is 1.54 bits per heavy atom. The van der Waals surface area contributed by atoms with Crippen LogP contribution >= 0.6 is 0 Å². The van der Waals surface area contributed by atoms with Crippen LogP contribution in [0.25, 0.3) is 33.0 Å². The van der Waals surface area contributed by atoms with Crippen molar-refractivity contribution < 1.29 is 9.59 Å². The molecule has 1 aliphatic carbocycles. The standard InChI is InChI=1S/C32H31N3O2/c1-2-3-11-25-26(22-15-8-10-20-9-4-5-12-21(20)22)27-23-13-6-7-14-24(23)31(36)29(27)30(28(25)32(33)37)35-18-16-34-17-19-35/h4-10,12-15,34H,2-3,11,16-19H2,1H3,(H2,33,37). The van der Waals surface area contributed by atoms with Crippen molar-refractivity contribution in [1.82, 2.24) is 5.32 Å². The van der Waals surface area contributed by atoms with E-state index in [1.165, 1.54) is 0 Å². The molecule has 4 aromatic carbocycles. The SMILES string of the molecule is CCCCc1c(C(N)=O)c(N2CCNCC2)c2c(c1-c1cccc3ccccc13)-c1ccccc1C2=O. The van der Waals surface area contributed by atoms with E-state index in [0.717, 1.165) is 89.7 Å². The van der Waals surface area contributed by atoms with Crippen LogP contribution in [0.15, 0.2) is 66.7 Å². The Morgan fingerprint density at radius 3 is 2.30 bits per heavy atom. The summed E-state index contributed by atoms with van der Waals surface area (Å²) >= 11 is 0. The molecular weight excluding hydrogens is 458 g/mol. The van der Waals surface area contributed by atoms with E-state index in [0.29, 0.717) is 16.7 Å². The Bertz CT molecular complexity index is 1540. The third-order valence-corrected chi connectivity index (χ3v) is 7.76. The first-order chi connectivity index (χ1) is 18.1. The number of carbonyl (C=O) groups is 2. The van der Waals surface area contributed by atoms with Crippen LogP contribution in [0.5, 0.6) is 0 Å². The molecule has 0 atom stereocenters. The average molecular weight is 490 g/mol. The summed E-state index contributed by atoms with van der Waals surface area (Å²) in [6.07, 6.45) is 2.63. The van der Waals surface area contributed by atoms with Crippen molar-refractivity contribution in [3.63, 3.8) is 0 Å². The van der Waals surface area contributed by atoms with Gasteiger partial charge in [0, 0.05) is 37.3 Å². The van der Waals surface area contributed by atoms with Gasteiger partial charge in [-0.05, 0) is 45.9 Å². The van der Waals surface area contributed by atoms with E-state index < -0.39 is 5.91 Å². The largest absolute Gasteiger partial charge is 0.368 e. The summed E-state index contributed by atoms with van der Waals surface area (Å²) in [5, 5.41) is 5.62. The highest BCUT2D eigenvalue weighted by Crippen LogP contribution is 2.52. The zero-order valence-corrected chi connectivity index (χ0v) is 21.1. The van der Waals surface area contributed by atoms with Crippen LogP contribution in [0.3, 0.4) is 0 Å². The highest BCUT2D eigenvalue weighted by molar-refractivity contribution is 6.29. The molecule has 3 N–H and O–H groups in total. The number of piperazine rings is 1. The molecule has 0 saturated carbocycles. The Kier molecular flexibility index (Phi) is 6.01. The van der Waals surface area contributed by atoms with E-state index in [9.17, 15) is 9.59 Å². The zero-order valence-electron chi connectivity index (χ0n) is 21.1. The Labute approximate surface area is 217 Å². The monoisotopic (exact) mass is 489 g/mol. The van der Waals surface area contributed by atoms with Crippen molar-refractivity contribution in [3.8, 4) is 22.3 Å². The second kappa shape index (κ2) is 9.49. The van der Waals surface area contributed by atoms with Crippen LogP contribution in [0.1, 0.15) is 51.6 Å². The molecule has 0 aromatic heterocycles. The minimum absolute atomic E-state index is 0.0230. The zero-order chi connectivity index (χ0) is 25.5. The van der Waals surface area contributed by atoms with Gasteiger partial charge in [0.25, 0.3) is 5.91 Å². The number of ketones is 1. The van der Waals surface area contributed by atoms with Gasteiger partial charge >= 0.3 is 0 Å². The molecule has 5 nitrogen and oxygen atoms in total. The van der Waals surface area contributed by atoms with Crippen molar-refractivity contribution in [2.45, 2.75) is 26.2 Å². The van der Waals surface area contributed by atoms with Gasteiger partial charge in [-0.1, -0.05) is 80.1 Å². The Balaban J connectivity index is 1.81. The van der Waals surface area contributed by atoms with Gasteiger partial charge < -0.3 is 16.0 Å². The van der Waals surface area contributed by atoms with Crippen LogP contribution < -0.4 is 16.0 Å². The van der Waals surface area contributed by atoms with Crippen molar-refractivity contribution in [2.24, 2.45) is 5.73 Å². The summed E-state index contributed by atoms with van der Waals surface area (Å²) in [6, 6.07) is 22.4. The van der Waals surface area contributed by atoms with Gasteiger partial charge in [-0.3, -0.25) is 9.59 Å². The molecule has 1 saturated heterocycles. The maximum atomic E-state index is 14.1. The van der Waals surface area contributed by atoms with Crippen molar-refractivity contribution in [3.05, 3.63) is 89.0 Å². The quantitative estimate of drug-likeness (QED) is 0.327. The third kappa shape index (κ3) is 3.73. The fourth-order valence-corrected chi connectivity index (χ4v) is 6.13. The van der Waals surface area contributed by atoms with E-state index in [2.05, 4.69) is 47.5 Å². The van der Waals surface area contributed by atoms with Gasteiger partial charge in [0.1, 0.15) is 0 Å². The maximum absolute atomic E-state index is 14.1. The predicted octanol–water partition coefficient (Wildman–Crippen LogP) is 5.57. The first kappa shape index (κ1) is 23.4. The summed E-state index contributed by atoms with van der Waals surface area (Å²) in [5.74, 6) is -0.488. The number of nitrogens with zero attached hydrogens (tertiary/aromatic N) is 1. The lowest BCUT2D eigenvalue weighted by Gasteiger charge is -2.34. The average Bonchev–Trinajstić information content (AvgIpc) is 3.23. The molecular formula is C32H31N3O2. The lowest BCUT2D eigenvalue weighted by atomic mass is 9.81. The second-order valence-corrected chi connectivity index (χ2v) is 9.93. The molecule has 37 heavy (non-hydrogen) atoms. The number of nitrogens with two attached hydrogens (primary N) is 1. The van der Waals surface area contributed by atoms with E-state index in [1.54, 1.807) is 0 Å². The highest BCUT2D eigenvalue weighted by atomic mass is 16.1. The first-order valence-corrected chi connectivity index (χ1v) is 13.2. The number of anilines is 1. The van der Waals surface area contributed by atoms with E-state index >= 15 is 0 Å². The normalized spacial score (nSPS) is 14.6. The molecule has 0 spiro atoms. The first-order valence-electron chi connectivity index (χ1n) is 13.2. The van der Waals surface area contributed by atoms with Gasteiger partial charge in [-0.15, -0.1) is 0 Å². The predicted molar refractivity (Wildman–Crippen MR) is 150 cm³/mol. The van der Waals surface area contributed by atoms with E-state index in [4.69, 9.17) is 5.73 Å². The number of hydrogen-bond acceptors (Lipinski definition) is 4. The number of carbonyl (C=O) groups excluding carboxylic acids is 2. The fraction of sp³-hybridized carbons (Fsp3) is 0.250. The van der Waals surface area contributed by atoms with Crippen LogP contribution in [0.4, 0.5) is 5.69 Å². The number of unbranched alkanes of at least 4 members (excludes halogenated alkanes) is 1. The summed E-state index contributed by atoms with van der Waals surface area (Å²) < 4.78 is 0. The molecule has 4 aromatic rings. The Morgan fingerprint density at radius 1 is 0.865 bits per heavy atom. The molecule has 2 aliphatic rings. The smallest absolute Gasteiger partial charge is 0.251 e. The molecule has 186 valence electrons. The summed E-state index contributed by atoms with van der Waals surface area (Å²) in [7, 11) is 0. The number of primary amides is 1. The fourth-order valence-electron chi connectivity index (χ4n) is 6.13. The minimum atomic E-state index is -0.465. The molecule has 1 aliphatic heterocycles. The molecule has 6 rings (SSSR count).